The minimum absolute atomic E-state index is 0.0464. The number of rotatable bonds is 7. The van der Waals surface area contributed by atoms with E-state index >= 15 is 0 Å². The first-order chi connectivity index (χ1) is 14.9. The average Bonchev–Trinajstić information content (AvgIpc) is 2.77. The molecular weight excluding hydrogens is 394 g/mol. The molecule has 1 aliphatic carbocycles. The number of carboxylic acid groups (broad SMARTS) is 1. The first kappa shape index (κ1) is 24.3. The Labute approximate surface area is 184 Å². The Bertz CT molecular complexity index is 832. The van der Waals surface area contributed by atoms with E-state index in [0.29, 0.717) is 25.3 Å². The van der Waals surface area contributed by atoms with Crippen LogP contribution < -0.4 is 10.5 Å². The van der Waals surface area contributed by atoms with Crippen LogP contribution in [0, 0.1) is 6.92 Å². The van der Waals surface area contributed by atoms with Crippen molar-refractivity contribution in [2.75, 3.05) is 13.2 Å². The topological polar surface area (TPSA) is 106 Å². The van der Waals surface area contributed by atoms with Crippen molar-refractivity contribution < 1.29 is 19.4 Å². The highest BCUT2D eigenvalue weighted by Gasteiger charge is 2.27. The Morgan fingerprint density at radius 2 is 1.90 bits per heavy atom. The average molecular weight is 428 g/mol. The number of aryl methyl sites for hydroxylation is 1. The monoisotopic (exact) mass is 427 g/mol. The molecule has 0 spiro atoms. The van der Waals surface area contributed by atoms with E-state index in [4.69, 9.17) is 20.4 Å². The number of nitrogens with two attached hydrogens (primary N) is 1. The van der Waals surface area contributed by atoms with Gasteiger partial charge in [-0.1, -0.05) is 31.4 Å². The zero-order valence-corrected chi connectivity index (χ0v) is 18.4. The van der Waals surface area contributed by atoms with Gasteiger partial charge in [-0.15, -0.1) is 0 Å². The molecule has 0 atom stereocenters. The number of nitrogens with zero attached hydrogens (tertiary/aromatic N) is 2. The van der Waals surface area contributed by atoms with E-state index in [1.54, 1.807) is 6.20 Å². The lowest BCUT2D eigenvalue weighted by Gasteiger charge is -2.34. The molecule has 168 valence electrons. The minimum atomic E-state index is -0.833. The third-order valence-electron chi connectivity index (χ3n) is 5.15. The second kappa shape index (κ2) is 12.7. The van der Waals surface area contributed by atoms with Crippen molar-refractivity contribution in [3.05, 3.63) is 59.4 Å². The molecule has 0 radical (unpaired) electrons. The number of ether oxygens (including phenoxy) is 1. The Morgan fingerprint density at radius 3 is 2.52 bits per heavy atom. The van der Waals surface area contributed by atoms with Crippen molar-refractivity contribution in [1.82, 2.24) is 9.88 Å². The molecule has 1 aromatic carbocycles. The third-order valence-corrected chi connectivity index (χ3v) is 5.15. The smallest absolute Gasteiger partial charge is 0.300 e. The van der Waals surface area contributed by atoms with Gasteiger partial charge in [-0.05, 0) is 49.6 Å². The Hall–Kier alpha value is -2.93. The lowest BCUT2D eigenvalue weighted by atomic mass is 9.93. The van der Waals surface area contributed by atoms with Crippen LogP contribution in [0.15, 0.2) is 42.6 Å². The highest BCUT2D eigenvalue weighted by Crippen LogP contribution is 2.27. The molecule has 1 saturated carbocycles. The van der Waals surface area contributed by atoms with Gasteiger partial charge < -0.3 is 20.5 Å². The summed E-state index contributed by atoms with van der Waals surface area (Å²) in [5.74, 6) is -0.0575. The summed E-state index contributed by atoms with van der Waals surface area (Å²) in [4.78, 5) is 28.8. The second-order valence-corrected chi connectivity index (χ2v) is 7.68. The van der Waals surface area contributed by atoms with Crippen LogP contribution in [0.25, 0.3) is 0 Å². The first-order valence-electron chi connectivity index (χ1n) is 10.8. The molecule has 3 rings (SSSR count). The number of benzene rings is 1. The molecule has 1 fully saturated rings. The van der Waals surface area contributed by atoms with Gasteiger partial charge in [0, 0.05) is 31.3 Å². The molecule has 0 bridgehead atoms. The van der Waals surface area contributed by atoms with E-state index in [2.05, 4.69) is 4.98 Å². The van der Waals surface area contributed by atoms with Crippen molar-refractivity contribution >= 4 is 11.9 Å². The van der Waals surface area contributed by atoms with Gasteiger partial charge in [0.2, 0.25) is 0 Å². The second-order valence-electron chi connectivity index (χ2n) is 7.68. The maximum Gasteiger partial charge on any atom is 0.300 e. The standard InChI is InChI=1S/C22H29N3O2.C2H4O2/c1-17-10-11-18(15-21(17)27-14-12-23)22(26)25(20-8-3-2-4-9-20)16-19-7-5-6-13-24-19;1-2(3)4/h5-7,10-11,13,15,20H,2-4,8-9,12,14,16,23H2,1H3;1H3,(H,3,4). The Morgan fingerprint density at radius 1 is 1.19 bits per heavy atom. The van der Waals surface area contributed by atoms with Gasteiger partial charge >= 0.3 is 0 Å². The van der Waals surface area contributed by atoms with Crippen molar-refractivity contribution in [3.63, 3.8) is 0 Å². The number of hydrogen-bond donors (Lipinski definition) is 2. The predicted octanol–water partition coefficient (Wildman–Crippen LogP) is 3.79. The quantitative estimate of drug-likeness (QED) is 0.696. The van der Waals surface area contributed by atoms with Crippen LogP contribution in [0.5, 0.6) is 5.75 Å². The third kappa shape index (κ3) is 8.02. The fraction of sp³-hybridized carbons (Fsp3) is 0.458. The first-order valence-corrected chi connectivity index (χ1v) is 10.8. The fourth-order valence-corrected chi connectivity index (χ4v) is 3.65. The summed E-state index contributed by atoms with van der Waals surface area (Å²) in [5.41, 5.74) is 8.14. The summed E-state index contributed by atoms with van der Waals surface area (Å²) >= 11 is 0. The van der Waals surface area contributed by atoms with Gasteiger partial charge in [-0.3, -0.25) is 14.6 Å². The van der Waals surface area contributed by atoms with Crippen LogP contribution in [0.1, 0.15) is 60.6 Å². The summed E-state index contributed by atoms with van der Waals surface area (Å²) in [6.45, 7) is 4.49. The molecule has 0 unspecified atom stereocenters. The van der Waals surface area contributed by atoms with Crippen LogP contribution in [0.2, 0.25) is 0 Å². The summed E-state index contributed by atoms with van der Waals surface area (Å²) in [6.07, 6.45) is 7.50. The molecule has 2 aromatic rings. The van der Waals surface area contributed by atoms with E-state index in [9.17, 15) is 4.79 Å². The van der Waals surface area contributed by atoms with Crippen molar-refractivity contribution in [2.45, 2.75) is 58.5 Å². The van der Waals surface area contributed by atoms with E-state index in [0.717, 1.165) is 36.8 Å². The van der Waals surface area contributed by atoms with E-state index in [1.807, 2.05) is 48.2 Å². The maximum absolute atomic E-state index is 13.4. The lowest BCUT2D eigenvalue weighted by Crippen LogP contribution is -2.41. The van der Waals surface area contributed by atoms with Gasteiger partial charge in [0.1, 0.15) is 12.4 Å². The molecule has 7 nitrogen and oxygen atoms in total. The zero-order chi connectivity index (χ0) is 22.6. The number of carbonyl (C=O) groups excluding carboxylic acids is 1. The lowest BCUT2D eigenvalue weighted by molar-refractivity contribution is -0.134. The normalized spacial score (nSPS) is 13.6. The van der Waals surface area contributed by atoms with E-state index < -0.39 is 5.97 Å². The summed E-state index contributed by atoms with van der Waals surface area (Å²) in [6, 6.07) is 11.8. The molecular formula is C24H33N3O4. The number of carboxylic acids is 1. The number of aliphatic carboxylic acids is 1. The van der Waals surface area contributed by atoms with Crippen molar-refractivity contribution in [1.29, 1.82) is 0 Å². The van der Waals surface area contributed by atoms with Gasteiger partial charge in [0.25, 0.3) is 11.9 Å². The highest BCUT2D eigenvalue weighted by molar-refractivity contribution is 5.95. The minimum Gasteiger partial charge on any atom is -0.492 e. The SMILES string of the molecule is CC(=O)O.Cc1ccc(C(=O)N(Cc2ccccn2)C2CCCCC2)cc1OCCN. The zero-order valence-electron chi connectivity index (χ0n) is 18.4. The number of pyridine rings is 1. The molecule has 0 saturated heterocycles. The molecule has 1 heterocycles. The number of aromatic nitrogens is 1. The van der Waals surface area contributed by atoms with Gasteiger partial charge in [-0.25, -0.2) is 0 Å². The molecule has 3 N–H and O–H groups in total. The molecule has 0 aliphatic heterocycles. The summed E-state index contributed by atoms with van der Waals surface area (Å²) in [7, 11) is 0. The molecule has 31 heavy (non-hydrogen) atoms. The number of carbonyl (C=O) groups is 2. The van der Waals surface area contributed by atoms with Crippen molar-refractivity contribution in [3.8, 4) is 5.75 Å². The predicted molar refractivity (Wildman–Crippen MR) is 120 cm³/mol. The largest absolute Gasteiger partial charge is 0.492 e. The van der Waals surface area contributed by atoms with Gasteiger partial charge in [-0.2, -0.15) is 0 Å². The molecule has 1 aromatic heterocycles. The summed E-state index contributed by atoms with van der Waals surface area (Å²) < 4.78 is 5.71. The highest BCUT2D eigenvalue weighted by atomic mass is 16.5. The van der Waals surface area contributed by atoms with E-state index in [-0.39, 0.29) is 11.9 Å². The van der Waals surface area contributed by atoms with Crippen molar-refractivity contribution in [2.24, 2.45) is 5.73 Å². The number of amides is 1. The Balaban J connectivity index is 0.000000785. The molecule has 7 heteroatoms. The van der Waals surface area contributed by atoms with Gasteiger partial charge in [0.15, 0.2) is 0 Å². The maximum atomic E-state index is 13.4. The van der Waals surface area contributed by atoms with Gasteiger partial charge in [0.05, 0.1) is 12.2 Å². The van der Waals surface area contributed by atoms with Crippen LogP contribution in [-0.4, -0.2) is 46.1 Å². The number of hydrogen-bond acceptors (Lipinski definition) is 5. The van der Waals surface area contributed by atoms with Crippen LogP contribution in [0.3, 0.4) is 0 Å². The molecule has 1 aliphatic rings. The fourth-order valence-electron chi connectivity index (χ4n) is 3.65. The van der Waals surface area contributed by atoms with E-state index in [1.165, 1.54) is 19.3 Å². The Kier molecular flexibility index (Phi) is 9.97. The summed E-state index contributed by atoms with van der Waals surface area (Å²) in [5, 5.41) is 7.42. The van der Waals surface area contributed by atoms with Crippen LogP contribution >= 0.6 is 0 Å². The van der Waals surface area contributed by atoms with Crippen LogP contribution in [-0.2, 0) is 11.3 Å². The molecule has 1 amide bonds. The van der Waals surface area contributed by atoms with Crippen LogP contribution in [0.4, 0.5) is 0 Å².